The third-order valence-corrected chi connectivity index (χ3v) is 3.82. The van der Waals surface area contributed by atoms with Crippen LogP contribution in [-0.2, 0) is 0 Å². The van der Waals surface area contributed by atoms with Crippen molar-refractivity contribution in [3.8, 4) is 0 Å². The summed E-state index contributed by atoms with van der Waals surface area (Å²) in [6, 6.07) is 4.01. The number of aliphatic hydroxyl groups excluding tert-OH is 1. The Morgan fingerprint density at radius 2 is 2.30 bits per heavy atom. The molecule has 0 bridgehead atoms. The number of halogens is 1. The number of rotatable bonds is 3. The molecule has 7 heteroatoms. The Morgan fingerprint density at radius 3 is 2.85 bits per heavy atom. The zero-order chi connectivity index (χ0) is 14.9. The van der Waals surface area contributed by atoms with Gasteiger partial charge in [-0.2, -0.15) is 0 Å². The van der Waals surface area contributed by atoms with Crippen molar-refractivity contribution in [1.29, 1.82) is 0 Å². The van der Waals surface area contributed by atoms with E-state index in [1.54, 1.807) is 6.92 Å². The summed E-state index contributed by atoms with van der Waals surface area (Å²) < 4.78 is 0. The van der Waals surface area contributed by atoms with E-state index in [0.717, 1.165) is 0 Å². The first-order valence-corrected chi connectivity index (χ1v) is 6.69. The lowest BCUT2D eigenvalue weighted by molar-refractivity contribution is -0.385. The molecule has 1 aromatic rings. The third-order valence-electron chi connectivity index (χ3n) is 3.58. The van der Waals surface area contributed by atoms with E-state index in [1.165, 1.54) is 23.1 Å². The van der Waals surface area contributed by atoms with Gasteiger partial charge in [0, 0.05) is 30.1 Å². The normalized spacial score (nSPS) is 19.9. The Labute approximate surface area is 121 Å². The minimum Gasteiger partial charge on any atom is -0.393 e. The highest BCUT2D eigenvalue weighted by atomic mass is 35.5. The molecule has 0 spiro atoms. The summed E-state index contributed by atoms with van der Waals surface area (Å²) >= 11 is 5.73. The molecule has 2 unspecified atom stereocenters. The number of carbonyl (C=O) groups excluding carboxylic acids is 1. The van der Waals surface area contributed by atoms with Crippen molar-refractivity contribution in [2.24, 2.45) is 5.92 Å². The molecule has 2 rings (SSSR count). The fourth-order valence-electron chi connectivity index (χ4n) is 2.37. The molecule has 20 heavy (non-hydrogen) atoms. The first kappa shape index (κ1) is 14.7. The third kappa shape index (κ3) is 2.91. The lowest BCUT2D eigenvalue weighted by Crippen LogP contribution is -2.30. The van der Waals surface area contributed by atoms with Gasteiger partial charge in [0.05, 0.1) is 11.0 Å². The Bertz CT molecular complexity index is 547. The maximum Gasteiger partial charge on any atom is 0.283 e. The summed E-state index contributed by atoms with van der Waals surface area (Å²) in [6.07, 6.45) is 0.207. The predicted octanol–water partition coefficient (Wildman–Crippen LogP) is 2.09. The number of nitro benzene ring substituents is 1. The SMILES string of the molecule is CC(O)C1CCN(C(=O)c2ccc(Cl)cc2[N+](=O)[O-])C1. The van der Waals surface area contributed by atoms with Crippen LogP contribution in [0, 0.1) is 16.0 Å². The number of hydrogen-bond donors (Lipinski definition) is 1. The van der Waals surface area contributed by atoms with Crippen LogP contribution in [0.4, 0.5) is 5.69 Å². The molecule has 6 nitrogen and oxygen atoms in total. The van der Waals surface area contributed by atoms with Crippen LogP contribution in [0.25, 0.3) is 0 Å². The average molecular weight is 299 g/mol. The summed E-state index contributed by atoms with van der Waals surface area (Å²) in [7, 11) is 0. The van der Waals surface area contributed by atoms with Crippen molar-refractivity contribution in [2.75, 3.05) is 13.1 Å². The van der Waals surface area contributed by atoms with E-state index in [9.17, 15) is 20.0 Å². The number of likely N-dealkylation sites (tertiary alicyclic amines) is 1. The molecular weight excluding hydrogens is 284 g/mol. The first-order chi connectivity index (χ1) is 9.40. The van der Waals surface area contributed by atoms with E-state index in [1.807, 2.05) is 0 Å². The molecule has 1 N–H and O–H groups in total. The van der Waals surface area contributed by atoms with Crippen molar-refractivity contribution >= 4 is 23.2 Å². The molecule has 1 heterocycles. The number of hydrogen-bond acceptors (Lipinski definition) is 4. The Kier molecular flexibility index (Phi) is 4.25. The van der Waals surface area contributed by atoms with Crippen LogP contribution >= 0.6 is 11.6 Å². The summed E-state index contributed by atoms with van der Waals surface area (Å²) in [6.45, 7) is 2.59. The lowest BCUT2D eigenvalue weighted by Gasteiger charge is -2.17. The summed E-state index contributed by atoms with van der Waals surface area (Å²) in [5.74, 6) is -0.373. The number of amides is 1. The van der Waals surface area contributed by atoms with Crippen LogP contribution in [-0.4, -0.2) is 40.0 Å². The van der Waals surface area contributed by atoms with Crippen molar-refractivity contribution < 1.29 is 14.8 Å². The second-order valence-electron chi connectivity index (χ2n) is 4.96. The van der Waals surface area contributed by atoms with E-state index in [2.05, 4.69) is 0 Å². The van der Waals surface area contributed by atoms with Gasteiger partial charge in [0.25, 0.3) is 11.6 Å². The molecule has 2 atom stereocenters. The second-order valence-corrected chi connectivity index (χ2v) is 5.40. The van der Waals surface area contributed by atoms with Gasteiger partial charge in [-0.05, 0) is 25.5 Å². The van der Waals surface area contributed by atoms with E-state index in [0.29, 0.717) is 19.5 Å². The van der Waals surface area contributed by atoms with Gasteiger partial charge in [-0.3, -0.25) is 14.9 Å². The van der Waals surface area contributed by atoms with Crippen LogP contribution in [0.3, 0.4) is 0 Å². The van der Waals surface area contributed by atoms with Gasteiger partial charge in [0.2, 0.25) is 0 Å². The quantitative estimate of drug-likeness (QED) is 0.684. The van der Waals surface area contributed by atoms with E-state index in [-0.39, 0.29) is 22.2 Å². The van der Waals surface area contributed by atoms with Crippen molar-refractivity contribution in [2.45, 2.75) is 19.4 Å². The molecule has 0 aliphatic carbocycles. The largest absolute Gasteiger partial charge is 0.393 e. The van der Waals surface area contributed by atoms with E-state index in [4.69, 9.17) is 11.6 Å². The Balaban J connectivity index is 2.24. The van der Waals surface area contributed by atoms with Crippen LogP contribution in [0.1, 0.15) is 23.7 Å². The van der Waals surface area contributed by atoms with Gasteiger partial charge < -0.3 is 10.0 Å². The molecule has 1 saturated heterocycles. The maximum atomic E-state index is 12.3. The molecule has 1 fully saturated rings. The van der Waals surface area contributed by atoms with E-state index < -0.39 is 16.9 Å². The number of carbonyl (C=O) groups is 1. The highest BCUT2D eigenvalue weighted by Gasteiger charge is 2.32. The monoisotopic (exact) mass is 298 g/mol. The summed E-state index contributed by atoms with van der Waals surface area (Å²) in [5.41, 5.74) is -0.256. The van der Waals surface area contributed by atoms with Crippen LogP contribution in [0.15, 0.2) is 18.2 Å². The second kappa shape index (κ2) is 5.76. The summed E-state index contributed by atoms with van der Waals surface area (Å²) in [5, 5.41) is 20.8. The predicted molar refractivity (Wildman–Crippen MR) is 73.8 cm³/mol. The topological polar surface area (TPSA) is 83.7 Å². The number of aliphatic hydroxyl groups is 1. The minimum atomic E-state index is -0.610. The molecule has 1 aliphatic rings. The van der Waals surface area contributed by atoms with Gasteiger partial charge in [-0.25, -0.2) is 0 Å². The van der Waals surface area contributed by atoms with Crippen molar-refractivity contribution in [3.05, 3.63) is 38.9 Å². The molecule has 1 aliphatic heterocycles. The standard InChI is InChI=1S/C13H15ClN2O4/c1-8(17)9-4-5-15(7-9)13(18)11-3-2-10(14)6-12(11)16(19)20/h2-3,6,8-9,17H,4-5,7H2,1H3. The summed E-state index contributed by atoms with van der Waals surface area (Å²) in [4.78, 5) is 24.3. The number of benzene rings is 1. The molecule has 0 radical (unpaired) electrons. The first-order valence-electron chi connectivity index (χ1n) is 6.31. The van der Waals surface area contributed by atoms with Crippen LogP contribution in [0.2, 0.25) is 5.02 Å². The van der Waals surface area contributed by atoms with Gasteiger partial charge >= 0.3 is 0 Å². The zero-order valence-corrected chi connectivity index (χ0v) is 11.7. The Hall–Kier alpha value is -1.66. The molecule has 0 aromatic heterocycles. The Morgan fingerprint density at radius 1 is 1.60 bits per heavy atom. The fraction of sp³-hybridized carbons (Fsp3) is 0.462. The molecular formula is C13H15ClN2O4. The molecule has 0 saturated carbocycles. The molecule has 1 aromatic carbocycles. The molecule has 108 valence electrons. The van der Waals surface area contributed by atoms with Gasteiger partial charge in [-0.15, -0.1) is 0 Å². The van der Waals surface area contributed by atoms with Gasteiger partial charge in [0.15, 0.2) is 0 Å². The maximum absolute atomic E-state index is 12.3. The van der Waals surface area contributed by atoms with Crippen molar-refractivity contribution in [3.63, 3.8) is 0 Å². The average Bonchev–Trinajstić information content (AvgIpc) is 2.87. The molecule has 1 amide bonds. The smallest absolute Gasteiger partial charge is 0.283 e. The fourth-order valence-corrected chi connectivity index (χ4v) is 2.54. The van der Waals surface area contributed by atoms with Crippen LogP contribution in [0.5, 0.6) is 0 Å². The lowest BCUT2D eigenvalue weighted by atomic mass is 10.0. The van der Waals surface area contributed by atoms with Crippen molar-refractivity contribution in [1.82, 2.24) is 4.90 Å². The highest BCUT2D eigenvalue weighted by Crippen LogP contribution is 2.27. The van der Waals surface area contributed by atoms with Gasteiger partial charge in [-0.1, -0.05) is 11.6 Å². The number of nitro groups is 1. The minimum absolute atomic E-state index is 0.0188. The number of nitrogens with zero attached hydrogens (tertiary/aromatic N) is 2. The van der Waals surface area contributed by atoms with Gasteiger partial charge in [0.1, 0.15) is 5.56 Å². The highest BCUT2D eigenvalue weighted by molar-refractivity contribution is 6.31. The van der Waals surface area contributed by atoms with E-state index >= 15 is 0 Å². The zero-order valence-electron chi connectivity index (χ0n) is 11.0. The van der Waals surface area contributed by atoms with Crippen LogP contribution < -0.4 is 0 Å².